The van der Waals surface area contributed by atoms with Gasteiger partial charge in [0.15, 0.2) is 17.2 Å². The minimum absolute atomic E-state index is 0.0490. The Bertz CT molecular complexity index is 1070. The number of aromatic amines is 1. The van der Waals surface area contributed by atoms with E-state index in [9.17, 15) is 9.59 Å². The molecule has 0 radical (unpaired) electrons. The van der Waals surface area contributed by atoms with E-state index in [1.807, 2.05) is 32.9 Å². The summed E-state index contributed by atoms with van der Waals surface area (Å²) in [6.45, 7) is 9.85. The first-order chi connectivity index (χ1) is 14.5. The molecule has 0 aliphatic carbocycles. The summed E-state index contributed by atoms with van der Waals surface area (Å²) in [6.07, 6.45) is 6.34. The fourth-order valence-electron chi connectivity index (χ4n) is 3.32. The molecule has 2 N–H and O–H groups in total. The number of nitrogens with zero attached hydrogens (tertiary/aromatic N) is 3. The summed E-state index contributed by atoms with van der Waals surface area (Å²) in [7, 11) is 0. The Hall–Kier alpha value is -3.00. The van der Waals surface area contributed by atoms with Crippen molar-refractivity contribution in [2.24, 2.45) is 5.92 Å². The van der Waals surface area contributed by atoms with Crippen LogP contribution in [0.1, 0.15) is 49.7 Å². The van der Waals surface area contributed by atoms with Gasteiger partial charge in [0.2, 0.25) is 0 Å². The van der Waals surface area contributed by atoms with Crippen molar-refractivity contribution in [2.75, 3.05) is 5.32 Å². The maximum Gasteiger partial charge on any atom is 0.196 e. The lowest BCUT2D eigenvalue weighted by atomic mass is 9.96. The molecule has 0 aliphatic rings. The van der Waals surface area contributed by atoms with Crippen molar-refractivity contribution in [3.05, 3.63) is 48.1 Å². The van der Waals surface area contributed by atoms with Crippen molar-refractivity contribution in [3.8, 4) is 0 Å². The Labute approximate surface area is 179 Å². The van der Waals surface area contributed by atoms with Gasteiger partial charge in [0.05, 0.1) is 11.1 Å². The van der Waals surface area contributed by atoms with Crippen molar-refractivity contribution in [2.45, 2.75) is 50.1 Å². The van der Waals surface area contributed by atoms with Gasteiger partial charge in [0.25, 0.3) is 0 Å². The number of ketones is 1. The number of H-pyrrole nitrogens is 1. The van der Waals surface area contributed by atoms with E-state index in [2.05, 4.69) is 31.8 Å². The highest BCUT2D eigenvalue weighted by Gasteiger charge is 2.22. The first kappa shape index (κ1) is 21.7. The average molecular weight is 424 g/mol. The van der Waals surface area contributed by atoms with Gasteiger partial charge in [-0.2, -0.15) is 0 Å². The number of nitrogens with one attached hydrogen (secondary N) is 2. The molecule has 3 rings (SSSR count). The molecule has 0 fully saturated rings. The van der Waals surface area contributed by atoms with Crippen LogP contribution < -0.4 is 5.32 Å². The van der Waals surface area contributed by atoms with Gasteiger partial charge in [0.1, 0.15) is 11.5 Å². The van der Waals surface area contributed by atoms with Crippen LogP contribution in [0.2, 0.25) is 0 Å². The predicted octanol–water partition coefficient (Wildman–Crippen LogP) is 4.81. The molecule has 0 amide bonds. The maximum atomic E-state index is 12.7. The first-order valence-electron chi connectivity index (χ1n) is 9.98. The van der Waals surface area contributed by atoms with Gasteiger partial charge in [-0.15, -0.1) is 0 Å². The molecule has 3 aromatic heterocycles. The topological polar surface area (TPSA) is 101 Å². The van der Waals surface area contributed by atoms with Crippen LogP contribution in [0.3, 0.4) is 0 Å². The van der Waals surface area contributed by atoms with Crippen LogP contribution >= 0.6 is 11.8 Å². The molecule has 0 atom stereocenters. The quantitative estimate of drug-likeness (QED) is 0.274. The summed E-state index contributed by atoms with van der Waals surface area (Å²) in [4.78, 5) is 41.9. The first-order valence-corrected chi connectivity index (χ1v) is 10.8. The van der Waals surface area contributed by atoms with Gasteiger partial charge in [-0.1, -0.05) is 27.4 Å². The number of anilines is 1. The number of allylic oxidation sites excluding steroid dienone is 1. The summed E-state index contributed by atoms with van der Waals surface area (Å²) in [5.41, 5.74) is 2.08. The number of hydrogen-bond acceptors (Lipinski definition) is 7. The molecule has 0 aromatic carbocycles. The van der Waals surface area contributed by atoms with E-state index < -0.39 is 0 Å². The van der Waals surface area contributed by atoms with E-state index in [1.54, 1.807) is 12.4 Å². The molecule has 7 nitrogen and oxygen atoms in total. The molecule has 3 aromatic rings. The van der Waals surface area contributed by atoms with Crippen molar-refractivity contribution in [1.82, 2.24) is 19.9 Å². The molecule has 0 bridgehead atoms. The normalized spacial score (nSPS) is 11.1. The largest absolute Gasteiger partial charge is 0.342 e. The number of hydrogen-bond donors (Lipinski definition) is 2. The zero-order valence-electron chi connectivity index (χ0n) is 17.4. The van der Waals surface area contributed by atoms with Gasteiger partial charge in [-0.3, -0.25) is 14.6 Å². The fourth-order valence-corrected chi connectivity index (χ4v) is 4.06. The summed E-state index contributed by atoms with van der Waals surface area (Å²) < 4.78 is 0. The fraction of sp³-hybridized carbons (Fsp3) is 0.318. The number of aldehydes is 1. The van der Waals surface area contributed by atoms with Crippen molar-refractivity contribution < 1.29 is 9.59 Å². The third-order valence-corrected chi connectivity index (χ3v) is 5.83. The molecule has 156 valence electrons. The van der Waals surface area contributed by atoms with Crippen molar-refractivity contribution >= 4 is 40.7 Å². The number of carbonyl (C=O) groups is 2. The predicted molar refractivity (Wildman–Crippen MR) is 119 cm³/mol. The van der Waals surface area contributed by atoms with Gasteiger partial charge >= 0.3 is 0 Å². The second kappa shape index (κ2) is 9.67. The van der Waals surface area contributed by atoms with E-state index in [1.165, 1.54) is 11.8 Å². The van der Waals surface area contributed by atoms with E-state index >= 15 is 0 Å². The van der Waals surface area contributed by atoms with Crippen molar-refractivity contribution in [1.29, 1.82) is 0 Å². The molecule has 0 saturated heterocycles. The summed E-state index contributed by atoms with van der Waals surface area (Å²) in [5.74, 6) is 0.246. The lowest BCUT2D eigenvalue weighted by molar-refractivity contribution is -0.119. The van der Waals surface area contributed by atoms with Gasteiger partial charge in [-0.05, 0) is 43.2 Å². The van der Waals surface area contributed by atoms with Crippen LogP contribution in [-0.2, 0) is 11.2 Å². The lowest BCUT2D eigenvalue weighted by Gasteiger charge is -2.15. The number of aromatic nitrogens is 4. The molecular formula is C22H25N5O2S. The zero-order chi connectivity index (χ0) is 21.7. The number of carbonyl (C=O) groups excluding carboxylic acids is 2. The number of pyridine rings is 1. The maximum absolute atomic E-state index is 12.7. The number of aryl methyl sites for hydroxylation is 1. The molecule has 0 aliphatic heterocycles. The summed E-state index contributed by atoms with van der Waals surface area (Å²) >= 11 is 1.35. The minimum Gasteiger partial charge on any atom is -0.342 e. The van der Waals surface area contributed by atoms with Crippen LogP contribution in [0.5, 0.6) is 0 Å². The molecule has 0 saturated carbocycles. The van der Waals surface area contributed by atoms with Crippen LogP contribution in [0.15, 0.2) is 46.9 Å². The molecular weight excluding hydrogens is 398 g/mol. The second-order valence-corrected chi connectivity index (χ2v) is 7.88. The average Bonchev–Trinajstić information content (AvgIpc) is 3.13. The van der Waals surface area contributed by atoms with Crippen molar-refractivity contribution in [3.63, 3.8) is 0 Å². The minimum atomic E-state index is -0.102. The molecule has 3 heterocycles. The van der Waals surface area contributed by atoms with Crippen LogP contribution in [0.25, 0.3) is 11.0 Å². The molecule has 8 heteroatoms. The third-order valence-electron chi connectivity index (χ3n) is 4.99. The van der Waals surface area contributed by atoms with E-state index in [4.69, 9.17) is 0 Å². The number of Topliss-reactive ketones (excluding diaryl/α,β-unsaturated/α-hetero) is 1. The Morgan fingerprint density at radius 1 is 1.30 bits per heavy atom. The summed E-state index contributed by atoms with van der Waals surface area (Å²) in [6, 6.07) is 3.75. The Kier molecular flexibility index (Phi) is 6.99. The number of fused-ring (bicyclic) bond motifs is 1. The van der Waals surface area contributed by atoms with Gasteiger partial charge < -0.3 is 10.3 Å². The van der Waals surface area contributed by atoms with Gasteiger partial charge in [0, 0.05) is 34.5 Å². The monoisotopic (exact) mass is 423 g/mol. The summed E-state index contributed by atoms with van der Waals surface area (Å²) in [5, 5.41) is 4.11. The lowest BCUT2D eigenvalue weighted by Crippen LogP contribution is -2.20. The Morgan fingerprint density at radius 2 is 2.07 bits per heavy atom. The Balaban J connectivity index is 2.07. The van der Waals surface area contributed by atoms with E-state index in [-0.39, 0.29) is 17.4 Å². The van der Waals surface area contributed by atoms with Gasteiger partial charge in [-0.25, -0.2) is 9.97 Å². The van der Waals surface area contributed by atoms with E-state index in [0.29, 0.717) is 34.0 Å². The van der Waals surface area contributed by atoms with Crippen LogP contribution in [-0.4, -0.2) is 32.0 Å². The standard InChI is InChI=1S/C22H25N5O2S/c1-5-14(6-2)19(29)13(4)24-20-18-16(12-28)17(7-3)25-21(18)27-22(26-20)30-15-9-8-10-23-11-15/h8-12,14H,4-7H2,1-3H3,(H2,24,25,26,27). The highest BCUT2D eigenvalue weighted by Crippen LogP contribution is 2.32. The smallest absolute Gasteiger partial charge is 0.196 e. The highest BCUT2D eigenvalue weighted by molar-refractivity contribution is 7.99. The zero-order valence-corrected chi connectivity index (χ0v) is 18.2. The third kappa shape index (κ3) is 4.43. The van der Waals surface area contributed by atoms with Crippen LogP contribution in [0, 0.1) is 5.92 Å². The molecule has 30 heavy (non-hydrogen) atoms. The highest BCUT2D eigenvalue weighted by atomic mass is 32.2. The Morgan fingerprint density at radius 3 is 2.67 bits per heavy atom. The van der Waals surface area contributed by atoms with Crippen LogP contribution in [0.4, 0.5) is 5.82 Å². The second-order valence-electron chi connectivity index (χ2n) is 6.84. The SMILES string of the molecule is C=C(Nc1nc(Sc2cccnc2)nc2[nH]c(CC)c(C=O)c12)C(=O)C(CC)CC. The molecule has 0 spiro atoms. The number of rotatable bonds is 10. The van der Waals surface area contributed by atoms with E-state index in [0.717, 1.165) is 29.7 Å². The molecule has 0 unspecified atom stereocenters.